The first kappa shape index (κ1) is 10.5. The standard InChI is InChI=1S/C10H7F2NO3/c11-5-1-2-6(12)9-8(5)4(3-7(14)15)10(16)13-9/h1-2,4H,3H2,(H,13,16)(H,14,15). The number of carbonyl (C=O) groups excluding carboxylic acids is 1. The number of hydrogen-bond acceptors (Lipinski definition) is 2. The van der Waals surface area contributed by atoms with Crippen LogP contribution in [0, 0.1) is 11.6 Å². The molecule has 0 bridgehead atoms. The van der Waals surface area contributed by atoms with Crippen LogP contribution in [0.15, 0.2) is 12.1 Å². The second-order valence-electron chi connectivity index (χ2n) is 3.46. The van der Waals surface area contributed by atoms with Gasteiger partial charge in [0.05, 0.1) is 18.0 Å². The molecule has 16 heavy (non-hydrogen) atoms. The average Bonchev–Trinajstić information content (AvgIpc) is 2.51. The SMILES string of the molecule is O=C(O)CC1C(=O)Nc2c(F)ccc(F)c21. The molecular weight excluding hydrogens is 220 g/mol. The molecular formula is C10H7F2NO3. The lowest BCUT2D eigenvalue weighted by Gasteiger charge is -2.06. The fourth-order valence-corrected chi connectivity index (χ4v) is 1.75. The highest BCUT2D eigenvalue weighted by Gasteiger charge is 2.36. The minimum atomic E-state index is -1.24. The largest absolute Gasteiger partial charge is 0.481 e. The van der Waals surface area contributed by atoms with Crippen LogP contribution in [-0.4, -0.2) is 17.0 Å². The van der Waals surface area contributed by atoms with Crippen molar-refractivity contribution in [2.45, 2.75) is 12.3 Å². The van der Waals surface area contributed by atoms with Gasteiger partial charge in [0.1, 0.15) is 11.6 Å². The molecule has 0 fully saturated rings. The Morgan fingerprint density at radius 1 is 1.38 bits per heavy atom. The monoisotopic (exact) mass is 227 g/mol. The summed E-state index contributed by atoms with van der Waals surface area (Å²) in [6, 6.07) is 1.76. The molecule has 6 heteroatoms. The Morgan fingerprint density at radius 3 is 2.62 bits per heavy atom. The van der Waals surface area contributed by atoms with Crippen LogP contribution in [0.25, 0.3) is 0 Å². The van der Waals surface area contributed by atoms with Gasteiger partial charge in [0.2, 0.25) is 5.91 Å². The Balaban J connectivity index is 2.51. The van der Waals surface area contributed by atoms with Gasteiger partial charge in [-0.3, -0.25) is 9.59 Å². The number of halogens is 2. The number of rotatable bonds is 2. The maximum Gasteiger partial charge on any atom is 0.304 e. The third-order valence-electron chi connectivity index (χ3n) is 2.43. The molecule has 0 saturated heterocycles. The number of anilines is 1. The smallest absolute Gasteiger partial charge is 0.304 e. The van der Waals surface area contributed by atoms with Crippen molar-refractivity contribution in [2.24, 2.45) is 0 Å². The zero-order valence-electron chi connectivity index (χ0n) is 7.96. The topological polar surface area (TPSA) is 66.4 Å². The molecule has 1 amide bonds. The predicted octanol–water partition coefficient (Wildman–Crippen LogP) is 1.48. The number of aliphatic carboxylic acids is 1. The molecule has 2 N–H and O–H groups in total. The zero-order chi connectivity index (χ0) is 11.9. The summed E-state index contributed by atoms with van der Waals surface area (Å²) in [5, 5.41) is 10.7. The number of fused-ring (bicyclic) bond motifs is 1. The lowest BCUT2D eigenvalue weighted by atomic mass is 9.97. The number of carbonyl (C=O) groups is 2. The molecule has 0 spiro atoms. The van der Waals surface area contributed by atoms with E-state index in [2.05, 4.69) is 5.32 Å². The van der Waals surface area contributed by atoms with Crippen LogP contribution >= 0.6 is 0 Å². The molecule has 1 aromatic carbocycles. The molecule has 84 valence electrons. The second-order valence-corrected chi connectivity index (χ2v) is 3.46. The van der Waals surface area contributed by atoms with E-state index in [0.29, 0.717) is 0 Å². The fraction of sp³-hybridized carbons (Fsp3) is 0.200. The molecule has 1 heterocycles. The predicted molar refractivity (Wildman–Crippen MR) is 50.0 cm³/mol. The van der Waals surface area contributed by atoms with Crippen molar-refractivity contribution >= 4 is 17.6 Å². The van der Waals surface area contributed by atoms with E-state index in [0.717, 1.165) is 12.1 Å². The third-order valence-corrected chi connectivity index (χ3v) is 2.43. The lowest BCUT2D eigenvalue weighted by molar-refractivity contribution is -0.138. The summed E-state index contributed by atoms with van der Waals surface area (Å²) in [6.45, 7) is 0. The molecule has 1 atom stereocenters. The minimum absolute atomic E-state index is 0.201. The highest BCUT2D eigenvalue weighted by Crippen LogP contribution is 2.38. The molecule has 0 radical (unpaired) electrons. The highest BCUT2D eigenvalue weighted by molar-refractivity contribution is 6.04. The van der Waals surface area contributed by atoms with Crippen LogP contribution in [0.1, 0.15) is 17.9 Å². The summed E-state index contributed by atoms with van der Waals surface area (Å²) in [4.78, 5) is 21.9. The number of carboxylic acids is 1. The Bertz CT molecular complexity index is 487. The van der Waals surface area contributed by atoms with Gasteiger partial charge in [-0.25, -0.2) is 8.78 Å². The van der Waals surface area contributed by atoms with Crippen LogP contribution in [0.3, 0.4) is 0 Å². The number of nitrogens with one attached hydrogen (secondary N) is 1. The summed E-state index contributed by atoms with van der Waals surface area (Å²) in [5.74, 6) is -4.64. The van der Waals surface area contributed by atoms with Crippen molar-refractivity contribution in [2.75, 3.05) is 5.32 Å². The minimum Gasteiger partial charge on any atom is -0.481 e. The molecule has 4 nitrogen and oxygen atoms in total. The van der Waals surface area contributed by atoms with E-state index in [9.17, 15) is 18.4 Å². The van der Waals surface area contributed by atoms with Crippen LogP contribution < -0.4 is 5.32 Å². The molecule has 1 aromatic rings. The van der Waals surface area contributed by atoms with E-state index in [1.165, 1.54) is 0 Å². The Labute approximate surface area is 88.9 Å². The van der Waals surface area contributed by atoms with E-state index in [4.69, 9.17) is 5.11 Å². The molecule has 0 saturated carbocycles. The van der Waals surface area contributed by atoms with Gasteiger partial charge in [0.25, 0.3) is 0 Å². The van der Waals surface area contributed by atoms with Gasteiger partial charge in [0.15, 0.2) is 0 Å². The van der Waals surface area contributed by atoms with Crippen molar-refractivity contribution in [3.05, 3.63) is 29.3 Å². The number of carboxylic acid groups (broad SMARTS) is 1. The van der Waals surface area contributed by atoms with Crippen LogP contribution in [0.4, 0.5) is 14.5 Å². The summed E-state index contributed by atoms with van der Waals surface area (Å²) in [7, 11) is 0. The van der Waals surface area contributed by atoms with Crippen molar-refractivity contribution in [3.8, 4) is 0 Å². The number of hydrogen-bond donors (Lipinski definition) is 2. The molecule has 1 aliphatic heterocycles. The first-order chi connectivity index (χ1) is 7.50. The van der Waals surface area contributed by atoms with E-state index in [1.54, 1.807) is 0 Å². The van der Waals surface area contributed by atoms with Gasteiger partial charge in [0, 0.05) is 5.56 Å². The highest BCUT2D eigenvalue weighted by atomic mass is 19.1. The summed E-state index contributed by atoms with van der Waals surface area (Å²) < 4.78 is 26.6. The van der Waals surface area contributed by atoms with Crippen LogP contribution in [0.2, 0.25) is 0 Å². The van der Waals surface area contributed by atoms with Gasteiger partial charge in [-0.2, -0.15) is 0 Å². The Kier molecular flexibility index (Phi) is 2.34. The normalized spacial score (nSPS) is 18.1. The summed E-state index contributed by atoms with van der Waals surface area (Å²) in [5.41, 5.74) is -0.455. The van der Waals surface area contributed by atoms with E-state index in [-0.39, 0.29) is 11.3 Å². The second kappa shape index (κ2) is 3.55. The van der Waals surface area contributed by atoms with E-state index >= 15 is 0 Å². The maximum absolute atomic E-state index is 13.4. The summed E-state index contributed by atoms with van der Waals surface area (Å²) >= 11 is 0. The van der Waals surface area contributed by atoms with Gasteiger partial charge in [-0.1, -0.05) is 0 Å². The summed E-state index contributed by atoms with van der Waals surface area (Å²) in [6.07, 6.45) is -0.556. The average molecular weight is 227 g/mol. The maximum atomic E-state index is 13.4. The first-order valence-corrected chi connectivity index (χ1v) is 4.51. The lowest BCUT2D eigenvalue weighted by Crippen LogP contribution is -2.15. The van der Waals surface area contributed by atoms with Crippen molar-refractivity contribution in [3.63, 3.8) is 0 Å². The van der Waals surface area contributed by atoms with Crippen LogP contribution in [-0.2, 0) is 9.59 Å². The fourth-order valence-electron chi connectivity index (χ4n) is 1.75. The van der Waals surface area contributed by atoms with Crippen molar-refractivity contribution in [1.29, 1.82) is 0 Å². The molecule has 1 unspecified atom stereocenters. The number of benzene rings is 1. The van der Waals surface area contributed by atoms with Gasteiger partial charge in [-0.05, 0) is 12.1 Å². The molecule has 2 rings (SSSR count). The van der Waals surface area contributed by atoms with E-state index < -0.39 is 35.8 Å². The Hall–Kier alpha value is -1.98. The molecule has 0 aromatic heterocycles. The zero-order valence-corrected chi connectivity index (χ0v) is 7.96. The van der Waals surface area contributed by atoms with Crippen LogP contribution in [0.5, 0.6) is 0 Å². The van der Waals surface area contributed by atoms with Crippen molar-refractivity contribution in [1.82, 2.24) is 0 Å². The van der Waals surface area contributed by atoms with Gasteiger partial charge >= 0.3 is 5.97 Å². The number of amides is 1. The molecule has 1 aliphatic rings. The van der Waals surface area contributed by atoms with Gasteiger partial charge < -0.3 is 10.4 Å². The Morgan fingerprint density at radius 2 is 2.00 bits per heavy atom. The third kappa shape index (κ3) is 1.52. The van der Waals surface area contributed by atoms with Crippen molar-refractivity contribution < 1.29 is 23.5 Å². The van der Waals surface area contributed by atoms with E-state index in [1.807, 2.05) is 0 Å². The first-order valence-electron chi connectivity index (χ1n) is 4.51. The molecule has 0 aliphatic carbocycles. The van der Waals surface area contributed by atoms with Gasteiger partial charge in [-0.15, -0.1) is 0 Å². The quantitative estimate of drug-likeness (QED) is 0.804.